The fourth-order valence-corrected chi connectivity index (χ4v) is 4.99. The highest BCUT2D eigenvalue weighted by molar-refractivity contribution is 5.89. The number of carboxylic acid groups (broad SMARTS) is 1. The van der Waals surface area contributed by atoms with Gasteiger partial charge in [-0.2, -0.15) is 0 Å². The van der Waals surface area contributed by atoms with Gasteiger partial charge in [-0.05, 0) is 54.2 Å². The van der Waals surface area contributed by atoms with Crippen molar-refractivity contribution in [1.29, 1.82) is 0 Å². The van der Waals surface area contributed by atoms with Crippen molar-refractivity contribution in [3.8, 4) is 5.75 Å². The van der Waals surface area contributed by atoms with Crippen LogP contribution in [0.1, 0.15) is 49.1 Å². The van der Waals surface area contributed by atoms with Gasteiger partial charge in [-0.25, -0.2) is 9.78 Å². The number of imidazole rings is 1. The van der Waals surface area contributed by atoms with Gasteiger partial charge in [0.2, 0.25) is 0 Å². The third-order valence-corrected chi connectivity index (χ3v) is 6.77. The van der Waals surface area contributed by atoms with Crippen LogP contribution in [0, 0.1) is 5.92 Å². The van der Waals surface area contributed by atoms with E-state index in [0.717, 1.165) is 48.6 Å². The number of hydrogen-bond donors (Lipinski definition) is 1. The molecule has 2 aromatic carbocycles. The Hall–Kier alpha value is -3.02. The van der Waals surface area contributed by atoms with Gasteiger partial charge >= 0.3 is 6.09 Å². The predicted molar refractivity (Wildman–Crippen MR) is 121 cm³/mol. The molecule has 0 unspecified atom stereocenters. The van der Waals surface area contributed by atoms with Crippen LogP contribution in [-0.4, -0.2) is 34.4 Å². The maximum Gasteiger partial charge on any atom is 0.411 e. The molecule has 1 aliphatic heterocycles. The van der Waals surface area contributed by atoms with E-state index in [4.69, 9.17) is 9.72 Å². The van der Waals surface area contributed by atoms with E-state index >= 15 is 0 Å². The maximum absolute atomic E-state index is 11.4. The van der Waals surface area contributed by atoms with E-state index in [1.54, 1.807) is 7.05 Å². The molecule has 0 saturated heterocycles. The summed E-state index contributed by atoms with van der Waals surface area (Å²) in [5.74, 6) is 2.73. The molecule has 6 nitrogen and oxygen atoms in total. The first-order chi connectivity index (χ1) is 15.1. The van der Waals surface area contributed by atoms with Gasteiger partial charge in [0.05, 0.1) is 17.6 Å². The van der Waals surface area contributed by atoms with Crippen LogP contribution in [0.5, 0.6) is 5.75 Å². The maximum atomic E-state index is 11.4. The smallest absolute Gasteiger partial charge is 0.411 e. The monoisotopic (exact) mass is 419 g/mol. The number of aromatic nitrogens is 2. The fourth-order valence-electron chi connectivity index (χ4n) is 4.99. The molecule has 5 rings (SSSR count). The first kappa shape index (κ1) is 19.9. The highest BCUT2D eigenvalue weighted by atomic mass is 16.5. The van der Waals surface area contributed by atoms with Gasteiger partial charge < -0.3 is 14.4 Å². The zero-order chi connectivity index (χ0) is 21.4. The van der Waals surface area contributed by atoms with Crippen LogP contribution in [0.25, 0.3) is 11.0 Å². The van der Waals surface area contributed by atoms with E-state index < -0.39 is 6.09 Å². The lowest BCUT2D eigenvalue weighted by molar-refractivity contribution is 0.203. The molecule has 1 amide bonds. The van der Waals surface area contributed by atoms with Crippen molar-refractivity contribution in [2.45, 2.75) is 51.5 Å². The minimum atomic E-state index is -0.971. The molecule has 1 aliphatic carbocycles. The van der Waals surface area contributed by atoms with Gasteiger partial charge in [-0.3, -0.25) is 4.90 Å². The van der Waals surface area contributed by atoms with Crippen molar-refractivity contribution in [2.75, 3.05) is 18.6 Å². The minimum Gasteiger partial charge on any atom is -0.493 e. The average Bonchev–Trinajstić information content (AvgIpc) is 3.38. The van der Waals surface area contributed by atoms with Gasteiger partial charge in [0, 0.05) is 32.1 Å². The van der Waals surface area contributed by atoms with Crippen LogP contribution in [0.2, 0.25) is 0 Å². The zero-order valence-corrected chi connectivity index (χ0v) is 18.0. The second-order valence-corrected chi connectivity index (χ2v) is 8.87. The van der Waals surface area contributed by atoms with E-state index in [2.05, 4.69) is 22.8 Å². The Morgan fingerprint density at radius 1 is 1.19 bits per heavy atom. The molecule has 6 heteroatoms. The highest BCUT2D eigenvalue weighted by Crippen LogP contribution is 2.31. The molecule has 0 spiro atoms. The van der Waals surface area contributed by atoms with Gasteiger partial charge in [0.1, 0.15) is 11.6 Å². The summed E-state index contributed by atoms with van der Waals surface area (Å²) in [5, 5.41) is 9.35. The summed E-state index contributed by atoms with van der Waals surface area (Å²) in [7, 11) is 1.57. The summed E-state index contributed by atoms with van der Waals surface area (Å²) < 4.78 is 8.03. The van der Waals surface area contributed by atoms with Crippen molar-refractivity contribution in [3.05, 3.63) is 53.3 Å². The van der Waals surface area contributed by atoms with Crippen LogP contribution in [0.3, 0.4) is 0 Å². The molecule has 0 radical (unpaired) electrons. The number of fused-ring (bicyclic) bond motifs is 2. The summed E-state index contributed by atoms with van der Waals surface area (Å²) >= 11 is 0. The molecule has 1 saturated carbocycles. The third kappa shape index (κ3) is 3.99. The lowest BCUT2D eigenvalue weighted by atomic mass is 9.89. The number of rotatable bonds is 5. The third-order valence-electron chi connectivity index (χ3n) is 6.77. The number of amides is 1. The first-order valence-corrected chi connectivity index (χ1v) is 11.3. The SMILES string of the molecule is CN(C(=O)O)c1ccc2c(c1)nc(Cc1ccc3c(c1)CCO3)n2CC1CCCCC1. The van der Waals surface area contributed by atoms with E-state index in [-0.39, 0.29) is 0 Å². The van der Waals surface area contributed by atoms with Gasteiger partial charge in [0.15, 0.2) is 0 Å². The van der Waals surface area contributed by atoms with E-state index in [9.17, 15) is 9.90 Å². The fraction of sp³-hybridized carbons (Fsp3) is 0.440. The second-order valence-electron chi connectivity index (χ2n) is 8.87. The Morgan fingerprint density at radius 3 is 2.84 bits per heavy atom. The lowest BCUT2D eigenvalue weighted by Crippen LogP contribution is -2.23. The Labute approximate surface area is 182 Å². The van der Waals surface area contributed by atoms with Crippen molar-refractivity contribution in [3.63, 3.8) is 0 Å². The Bertz CT molecular complexity index is 1110. The van der Waals surface area contributed by atoms with Gasteiger partial charge in [0.25, 0.3) is 0 Å². The van der Waals surface area contributed by atoms with Crippen LogP contribution >= 0.6 is 0 Å². The number of carbonyl (C=O) groups is 1. The number of nitrogens with zero attached hydrogens (tertiary/aromatic N) is 3. The van der Waals surface area contributed by atoms with Crippen LogP contribution in [0.4, 0.5) is 10.5 Å². The van der Waals surface area contributed by atoms with Crippen molar-refractivity contribution < 1.29 is 14.6 Å². The molecule has 3 aromatic rings. The highest BCUT2D eigenvalue weighted by Gasteiger charge is 2.20. The van der Waals surface area contributed by atoms with E-state index in [1.807, 2.05) is 18.2 Å². The molecule has 0 bridgehead atoms. The van der Waals surface area contributed by atoms with Crippen LogP contribution < -0.4 is 9.64 Å². The van der Waals surface area contributed by atoms with Crippen LogP contribution in [-0.2, 0) is 19.4 Å². The molecule has 2 heterocycles. The molecule has 162 valence electrons. The van der Waals surface area contributed by atoms with E-state index in [0.29, 0.717) is 11.6 Å². The van der Waals surface area contributed by atoms with Crippen LogP contribution in [0.15, 0.2) is 36.4 Å². The largest absolute Gasteiger partial charge is 0.493 e. The summed E-state index contributed by atoms with van der Waals surface area (Å²) in [6, 6.07) is 12.3. The number of hydrogen-bond acceptors (Lipinski definition) is 3. The second kappa shape index (κ2) is 8.25. The summed E-state index contributed by atoms with van der Waals surface area (Å²) in [5.41, 5.74) is 5.11. The Balaban J connectivity index is 1.52. The number of anilines is 1. The molecule has 1 N–H and O–H groups in total. The molecule has 0 atom stereocenters. The predicted octanol–water partition coefficient (Wildman–Crippen LogP) is 5.26. The quantitative estimate of drug-likeness (QED) is 0.613. The topological polar surface area (TPSA) is 67.6 Å². The standard InChI is InChI=1S/C25H29N3O3/c1-27(25(29)30)20-8-9-22-21(15-20)26-24(28(22)16-17-5-3-2-4-6-17)14-18-7-10-23-19(13-18)11-12-31-23/h7-10,13,15,17H,2-6,11-12,14,16H2,1H3,(H,29,30). The summed E-state index contributed by atoms with van der Waals surface area (Å²) in [6.07, 6.45) is 7.27. The Kier molecular flexibility index (Phi) is 5.30. The Morgan fingerprint density at radius 2 is 2.03 bits per heavy atom. The summed E-state index contributed by atoms with van der Waals surface area (Å²) in [4.78, 5) is 17.6. The number of benzene rings is 2. The number of ether oxygens (including phenoxy) is 1. The van der Waals surface area contributed by atoms with Crippen molar-refractivity contribution in [2.24, 2.45) is 5.92 Å². The molecule has 1 fully saturated rings. The molecule has 2 aliphatic rings. The van der Waals surface area contributed by atoms with Gasteiger partial charge in [-0.1, -0.05) is 31.4 Å². The minimum absolute atomic E-state index is 0.642. The normalized spacial score (nSPS) is 16.3. The average molecular weight is 420 g/mol. The molecule has 1 aromatic heterocycles. The lowest BCUT2D eigenvalue weighted by Gasteiger charge is -2.23. The summed E-state index contributed by atoms with van der Waals surface area (Å²) in [6.45, 7) is 1.74. The zero-order valence-electron chi connectivity index (χ0n) is 18.0. The van der Waals surface area contributed by atoms with E-state index in [1.165, 1.54) is 48.1 Å². The molecular weight excluding hydrogens is 390 g/mol. The van der Waals surface area contributed by atoms with Crippen molar-refractivity contribution in [1.82, 2.24) is 9.55 Å². The first-order valence-electron chi connectivity index (χ1n) is 11.3. The molecule has 31 heavy (non-hydrogen) atoms. The molecular formula is C25H29N3O3. The van der Waals surface area contributed by atoms with Gasteiger partial charge in [-0.15, -0.1) is 0 Å². The van der Waals surface area contributed by atoms with Crippen molar-refractivity contribution >= 4 is 22.8 Å².